The highest BCUT2D eigenvalue weighted by Crippen LogP contribution is 2.36. The minimum Gasteiger partial charge on any atom is -0.464 e. The van der Waals surface area contributed by atoms with E-state index in [2.05, 4.69) is 44.5 Å². The van der Waals surface area contributed by atoms with Crippen molar-refractivity contribution in [3.63, 3.8) is 0 Å². The van der Waals surface area contributed by atoms with E-state index in [0.29, 0.717) is 19.6 Å². The average molecular weight is 459 g/mol. The molecule has 0 aromatic rings. The van der Waals surface area contributed by atoms with Crippen LogP contribution in [0.25, 0.3) is 0 Å². The van der Waals surface area contributed by atoms with Crippen LogP contribution in [0.1, 0.15) is 60.8 Å². The van der Waals surface area contributed by atoms with E-state index in [1.165, 1.54) is 0 Å². The number of rotatable bonds is 13. The van der Waals surface area contributed by atoms with E-state index in [4.69, 9.17) is 13.9 Å². The molecule has 0 aromatic carbocycles. The Morgan fingerprint density at radius 3 is 2.29 bits per heavy atom. The van der Waals surface area contributed by atoms with E-state index in [-0.39, 0.29) is 23.5 Å². The maximum absolute atomic E-state index is 12.6. The lowest BCUT2D eigenvalue weighted by Gasteiger charge is -2.36. The molecule has 1 heterocycles. The van der Waals surface area contributed by atoms with E-state index in [1.807, 2.05) is 13.8 Å². The van der Waals surface area contributed by atoms with Crippen molar-refractivity contribution >= 4 is 26.1 Å². The molecule has 1 saturated heterocycles. The molecule has 1 fully saturated rings. The summed E-state index contributed by atoms with van der Waals surface area (Å²) in [6, 6.07) is -0.664. The molecule has 0 unspecified atom stereocenters. The number of nitrogens with one attached hydrogen (secondary N) is 2. The third-order valence-electron chi connectivity index (χ3n) is 5.75. The zero-order valence-corrected chi connectivity index (χ0v) is 21.5. The van der Waals surface area contributed by atoms with Gasteiger partial charge in [-0.15, -0.1) is 0 Å². The third-order valence-corrected chi connectivity index (χ3v) is 10.3. The van der Waals surface area contributed by atoms with Crippen LogP contribution in [0.3, 0.4) is 0 Å². The summed E-state index contributed by atoms with van der Waals surface area (Å²) in [5.74, 6) is -1.01. The fourth-order valence-electron chi connectivity index (χ4n) is 2.78. The zero-order valence-electron chi connectivity index (χ0n) is 20.5. The normalized spacial score (nSPS) is 19.6. The van der Waals surface area contributed by atoms with Gasteiger partial charge in [-0.3, -0.25) is 9.59 Å². The highest BCUT2D eigenvalue weighted by atomic mass is 28.4. The second-order valence-corrected chi connectivity index (χ2v) is 14.8. The molecular weight excluding hydrogens is 416 g/mol. The summed E-state index contributed by atoms with van der Waals surface area (Å²) in [6.45, 7) is 18.2. The summed E-state index contributed by atoms with van der Waals surface area (Å²) in [4.78, 5) is 36.6. The van der Waals surface area contributed by atoms with E-state index < -0.39 is 38.4 Å². The van der Waals surface area contributed by atoms with Crippen molar-refractivity contribution in [2.24, 2.45) is 5.92 Å². The number of esters is 1. The average Bonchev–Trinajstić information content (AvgIpc) is 3.43. The van der Waals surface area contributed by atoms with Crippen LogP contribution in [-0.2, 0) is 28.3 Å². The predicted molar refractivity (Wildman–Crippen MR) is 122 cm³/mol. The van der Waals surface area contributed by atoms with E-state index >= 15 is 0 Å². The Labute approximate surface area is 188 Å². The summed E-state index contributed by atoms with van der Waals surface area (Å²) in [7, 11) is -1.75. The lowest BCUT2D eigenvalue weighted by Crippen LogP contribution is -2.49. The maximum Gasteiger partial charge on any atom is 0.338 e. The lowest BCUT2D eigenvalue weighted by molar-refractivity contribution is -0.144. The van der Waals surface area contributed by atoms with Gasteiger partial charge in [-0.1, -0.05) is 34.6 Å². The Balaban J connectivity index is 2.41. The topological polar surface area (TPSA) is 106 Å². The van der Waals surface area contributed by atoms with Gasteiger partial charge in [0.15, 0.2) is 20.5 Å². The van der Waals surface area contributed by atoms with Crippen molar-refractivity contribution in [3.8, 4) is 0 Å². The Bertz CT molecular complexity index is 618. The number of unbranched alkanes of at least 4 members (excludes halogenated alkanes) is 1. The Kier molecular flexibility index (Phi) is 10.6. The molecule has 8 nitrogen and oxygen atoms in total. The van der Waals surface area contributed by atoms with E-state index in [1.54, 1.807) is 6.92 Å². The fourth-order valence-corrected chi connectivity index (χ4v) is 3.87. The molecular formula is C22H42N2O6Si. The highest BCUT2D eigenvalue weighted by Gasteiger charge is 2.52. The van der Waals surface area contributed by atoms with Crippen LogP contribution in [0.15, 0.2) is 0 Å². The molecule has 1 aliphatic rings. The minimum absolute atomic E-state index is 0.182. The number of amides is 2. The van der Waals surface area contributed by atoms with E-state index in [9.17, 15) is 14.4 Å². The quantitative estimate of drug-likeness (QED) is 0.190. The van der Waals surface area contributed by atoms with Gasteiger partial charge in [-0.25, -0.2) is 4.79 Å². The van der Waals surface area contributed by atoms with Crippen LogP contribution in [0.5, 0.6) is 0 Å². The van der Waals surface area contributed by atoms with Crippen LogP contribution < -0.4 is 10.6 Å². The number of hydrogen-bond acceptors (Lipinski definition) is 6. The Hall–Kier alpha value is -1.45. The molecule has 180 valence electrons. The zero-order chi connectivity index (χ0) is 23.8. The molecule has 31 heavy (non-hydrogen) atoms. The van der Waals surface area contributed by atoms with Crippen molar-refractivity contribution in [2.45, 2.75) is 97.2 Å². The molecule has 2 N–H and O–H groups in total. The second kappa shape index (κ2) is 12.0. The van der Waals surface area contributed by atoms with Crippen LogP contribution in [0.2, 0.25) is 18.1 Å². The first-order valence-electron chi connectivity index (χ1n) is 11.3. The van der Waals surface area contributed by atoms with Gasteiger partial charge < -0.3 is 24.5 Å². The van der Waals surface area contributed by atoms with Gasteiger partial charge in [0.1, 0.15) is 6.04 Å². The largest absolute Gasteiger partial charge is 0.464 e. The number of carbonyl (C=O) groups is 3. The van der Waals surface area contributed by atoms with Crippen molar-refractivity contribution in [3.05, 3.63) is 0 Å². The Morgan fingerprint density at radius 1 is 1.10 bits per heavy atom. The maximum atomic E-state index is 12.6. The SMILES string of the molecule is CCOC(=O)[C@H]1O[C@@H]1C(=O)N[C@@H](CC(C)C)C(=O)NCCCCO[Si](C)(C)C(C)(C)C. The summed E-state index contributed by atoms with van der Waals surface area (Å²) < 4.78 is 16.1. The van der Waals surface area contributed by atoms with Crippen LogP contribution in [0.4, 0.5) is 0 Å². The van der Waals surface area contributed by atoms with Crippen molar-refractivity contribution in [1.82, 2.24) is 10.6 Å². The monoisotopic (exact) mass is 458 g/mol. The fraction of sp³-hybridized carbons (Fsp3) is 0.864. The molecule has 0 aromatic heterocycles. The van der Waals surface area contributed by atoms with Gasteiger partial charge in [-0.05, 0) is 50.2 Å². The van der Waals surface area contributed by atoms with Crippen molar-refractivity contribution < 1.29 is 28.3 Å². The number of ether oxygens (including phenoxy) is 2. The van der Waals surface area contributed by atoms with Gasteiger partial charge in [0.2, 0.25) is 5.91 Å². The van der Waals surface area contributed by atoms with Gasteiger partial charge in [0, 0.05) is 13.2 Å². The molecule has 3 atom stereocenters. The lowest BCUT2D eigenvalue weighted by atomic mass is 10.0. The van der Waals surface area contributed by atoms with Gasteiger partial charge in [0.05, 0.1) is 6.61 Å². The van der Waals surface area contributed by atoms with E-state index in [0.717, 1.165) is 12.8 Å². The Morgan fingerprint density at radius 2 is 1.74 bits per heavy atom. The standard InChI is InChI=1S/C22H42N2O6Si/c1-9-28-21(27)18-17(30-18)20(26)24-16(14-15(2)3)19(25)23-12-10-11-13-29-31(7,8)22(4,5)6/h15-18H,9-14H2,1-8H3,(H,23,25)(H,24,26)/t16-,17-,18-/m0/s1. The third kappa shape index (κ3) is 9.29. The molecule has 0 aliphatic carbocycles. The first-order chi connectivity index (χ1) is 14.3. The molecule has 9 heteroatoms. The highest BCUT2D eigenvalue weighted by molar-refractivity contribution is 6.74. The first kappa shape index (κ1) is 27.6. The smallest absolute Gasteiger partial charge is 0.338 e. The summed E-state index contributed by atoms with van der Waals surface area (Å²) in [5, 5.41) is 5.81. The van der Waals surface area contributed by atoms with Crippen LogP contribution in [0, 0.1) is 5.92 Å². The number of hydrogen-bond donors (Lipinski definition) is 2. The molecule has 0 radical (unpaired) electrons. The van der Waals surface area contributed by atoms with Crippen molar-refractivity contribution in [1.29, 1.82) is 0 Å². The summed E-state index contributed by atoms with van der Waals surface area (Å²) >= 11 is 0. The van der Waals surface area contributed by atoms with Crippen LogP contribution >= 0.6 is 0 Å². The van der Waals surface area contributed by atoms with Gasteiger partial charge in [-0.2, -0.15) is 0 Å². The summed E-state index contributed by atoms with van der Waals surface area (Å²) in [5.41, 5.74) is 0. The first-order valence-corrected chi connectivity index (χ1v) is 14.2. The number of epoxide rings is 1. The molecule has 0 saturated carbocycles. The van der Waals surface area contributed by atoms with Crippen molar-refractivity contribution in [2.75, 3.05) is 19.8 Å². The van der Waals surface area contributed by atoms with Gasteiger partial charge >= 0.3 is 5.97 Å². The molecule has 0 bridgehead atoms. The molecule has 2 amide bonds. The van der Waals surface area contributed by atoms with Gasteiger partial charge in [0.25, 0.3) is 5.91 Å². The molecule has 1 rings (SSSR count). The predicted octanol–water partition coefficient (Wildman–Crippen LogP) is 2.77. The molecule has 1 aliphatic heterocycles. The molecule has 0 spiro atoms. The summed E-state index contributed by atoms with van der Waals surface area (Å²) in [6.07, 6.45) is 0.422. The number of carbonyl (C=O) groups excluding carboxylic acids is 3. The minimum atomic E-state index is -1.75. The van der Waals surface area contributed by atoms with Crippen LogP contribution in [-0.4, -0.2) is 64.1 Å². The second-order valence-electron chi connectivity index (χ2n) is 10.0.